The summed E-state index contributed by atoms with van der Waals surface area (Å²) in [4.78, 5) is 72.7. The van der Waals surface area contributed by atoms with E-state index in [1.165, 1.54) is 47.4 Å². The van der Waals surface area contributed by atoms with E-state index in [9.17, 15) is 29.1 Å². The molecule has 3 heterocycles. The number of hydrogen-bond acceptors (Lipinski definition) is 10. The number of methoxy groups -OCH3 is 3. The van der Waals surface area contributed by atoms with Crippen molar-refractivity contribution in [2.45, 2.75) is 37.9 Å². The summed E-state index contributed by atoms with van der Waals surface area (Å²) in [6, 6.07) is 7.26. The Bertz CT molecular complexity index is 2410. The van der Waals surface area contributed by atoms with Crippen LogP contribution in [0, 0.1) is 0 Å². The molecule has 0 saturated heterocycles. The highest BCUT2D eigenvalue weighted by Gasteiger charge is 2.45. The van der Waals surface area contributed by atoms with E-state index in [1.54, 1.807) is 31.3 Å². The number of hydrogen-bond donors (Lipinski definition) is 1. The summed E-state index contributed by atoms with van der Waals surface area (Å²) >= 11 is 1.85. The van der Waals surface area contributed by atoms with Crippen LogP contribution in [0.5, 0.6) is 23.0 Å². The van der Waals surface area contributed by atoms with Crippen molar-refractivity contribution in [3.05, 3.63) is 105 Å². The predicted octanol–water partition coefficient (Wildman–Crippen LogP) is 2.47. The van der Waals surface area contributed by atoms with E-state index >= 15 is 0 Å². The lowest BCUT2D eigenvalue weighted by Crippen LogP contribution is -2.40. The number of aromatic nitrogens is 5. The smallest absolute Gasteiger partial charge is 0.347 e. The molecule has 2 aromatic carbocycles. The van der Waals surface area contributed by atoms with Crippen molar-refractivity contribution < 1.29 is 28.9 Å². The lowest BCUT2D eigenvalue weighted by Gasteiger charge is -2.39. The van der Waals surface area contributed by atoms with E-state index in [0.717, 1.165) is 4.57 Å². The van der Waals surface area contributed by atoms with Gasteiger partial charge in [0.1, 0.15) is 5.69 Å². The first kappa shape index (κ1) is 32.4. The number of ketones is 2. The Morgan fingerprint density at radius 1 is 0.959 bits per heavy atom. The van der Waals surface area contributed by atoms with Gasteiger partial charge in [0, 0.05) is 61.7 Å². The third-order valence-electron chi connectivity index (χ3n) is 9.44. The van der Waals surface area contributed by atoms with Crippen LogP contribution in [0.15, 0.2) is 77.2 Å². The van der Waals surface area contributed by atoms with Gasteiger partial charge in [-0.1, -0.05) is 12.1 Å². The summed E-state index contributed by atoms with van der Waals surface area (Å²) in [6.45, 7) is -0.0907. The van der Waals surface area contributed by atoms with Gasteiger partial charge in [-0.05, 0) is 45.9 Å². The van der Waals surface area contributed by atoms with Crippen LogP contribution < -0.4 is 31.1 Å². The molecule has 0 spiro atoms. The lowest BCUT2D eigenvalue weighted by atomic mass is 9.69. The molecular formula is C34H30IN5O9. The lowest BCUT2D eigenvalue weighted by molar-refractivity contribution is -0.115. The number of Topliss-reactive ketones (excluding diaryl/α,β-unsaturated/α-hetero) is 1. The number of aromatic hydroxyl groups is 1. The minimum Gasteiger partial charge on any atom is -0.504 e. The average molecular weight is 780 g/mol. The number of fused-ring (bicyclic) bond motifs is 4. The first-order valence-electron chi connectivity index (χ1n) is 15.3. The van der Waals surface area contributed by atoms with Gasteiger partial charge in [0.15, 0.2) is 34.6 Å². The Labute approximate surface area is 291 Å². The second kappa shape index (κ2) is 12.0. The number of halogens is 1. The summed E-state index contributed by atoms with van der Waals surface area (Å²) in [5.41, 5.74) is 1.40. The van der Waals surface area contributed by atoms with Gasteiger partial charge < -0.3 is 23.9 Å². The van der Waals surface area contributed by atoms with Crippen LogP contribution in [0.4, 0.5) is 0 Å². The topological polar surface area (TPSA) is 166 Å². The molecule has 2 atom stereocenters. The number of ether oxygens (including phenoxy) is 3. The molecule has 4 aromatic rings. The van der Waals surface area contributed by atoms with Crippen molar-refractivity contribution in [2.24, 2.45) is 7.05 Å². The SMILES string of the molecule is COc1cc(C2C3=CCn4c(=O)n(CCc5nc6cc(OC)c(OC)cc6n(C)c5=O)c(=O)n4C3CC3=C2C(=O)C(I)=CC3=O)ccc1O. The molecule has 1 N–H and O–H groups in total. The monoisotopic (exact) mass is 779 g/mol. The standard InChI is InChI=1S/C34H30IN5O9/c1-37-23-15-28(49-4)27(48-3)14-21(23)36-20(32(37)44)8-9-38-33(45)39-10-7-17-22(40(39)34(38)46)12-18-25(42)13-19(35)31(43)30(18)29(17)16-5-6-24(41)26(11-16)47-2/h5-7,11,13-15,22,29,41H,8-10,12H2,1-4H3. The molecule has 14 nitrogen and oxygen atoms in total. The summed E-state index contributed by atoms with van der Waals surface area (Å²) < 4.78 is 21.5. The number of phenolic OH excluding ortho intramolecular Hbond substituents is 1. The van der Waals surface area contributed by atoms with Crippen LogP contribution in [0.1, 0.15) is 29.6 Å². The maximum absolute atomic E-state index is 14.1. The van der Waals surface area contributed by atoms with Gasteiger partial charge in [-0.25, -0.2) is 28.5 Å². The van der Waals surface area contributed by atoms with Crippen LogP contribution in [0.25, 0.3) is 11.0 Å². The fourth-order valence-corrected chi connectivity index (χ4v) is 7.62. The Kier molecular flexibility index (Phi) is 7.96. The Morgan fingerprint density at radius 3 is 2.39 bits per heavy atom. The summed E-state index contributed by atoms with van der Waals surface area (Å²) in [5, 5.41) is 10.3. The van der Waals surface area contributed by atoms with Crippen molar-refractivity contribution in [1.82, 2.24) is 23.5 Å². The van der Waals surface area contributed by atoms with Crippen molar-refractivity contribution in [3.8, 4) is 23.0 Å². The highest BCUT2D eigenvalue weighted by molar-refractivity contribution is 14.1. The zero-order chi connectivity index (χ0) is 34.9. The van der Waals surface area contributed by atoms with Crippen LogP contribution in [0.3, 0.4) is 0 Å². The fraction of sp³-hybridized carbons (Fsp3) is 0.294. The molecule has 2 aromatic heterocycles. The molecule has 15 heteroatoms. The first-order valence-corrected chi connectivity index (χ1v) is 16.4. The fourth-order valence-electron chi connectivity index (χ4n) is 7.05. The van der Waals surface area contributed by atoms with Crippen LogP contribution in [-0.4, -0.2) is 61.5 Å². The van der Waals surface area contributed by atoms with E-state index in [-0.39, 0.29) is 69.4 Å². The molecule has 1 aliphatic heterocycles. The number of allylic oxidation sites excluding steroid dienone is 6. The molecular weight excluding hydrogens is 749 g/mol. The molecule has 0 radical (unpaired) electrons. The number of nitrogens with zero attached hydrogens (tertiary/aromatic N) is 5. The van der Waals surface area contributed by atoms with E-state index in [0.29, 0.717) is 39.2 Å². The molecule has 0 bridgehead atoms. The number of rotatable bonds is 7. The summed E-state index contributed by atoms with van der Waals surface area (Å²) in [7, 11) is 6.00. The van der Waals surface area contributed by atoms with Gasteiger partial charge in [0.25, 0.3) is 5.56 Å². The number of carbonyl (C=O) groups is 2. The molecule has 252 valence electrons. The Balaban J connectivity index is 1.30. The first-order chi connectivity index (χ1) is 23.5. The second-order valence-electron chi connectivity index (χ2n) is 11.9. The highest BCUT2D eigenvalue weighted by atomic mass is 127. The van der Waals surface area contributed by atoms with Crippen molar-refractivity contribution >= 4 is 45.2 Å². The van der Waals surface area contributed by atoms with Crippen LogP contribution >= 0.6 is 22.6 Å². The minimum atomic E-state index is -0.756. The molecule has 3 aliphatic rings. The zero-order valence-electron chi connectivity index (χ0n) is 26.9. The summed E-state index contributed by atoms with van der Waals surface area (Å²) in [6.07, 6.45) is 3.12. The second-order valence-corrected chi connectivity index (χ2v) is 13.0. The Hall–Kier alpha value is -5.19. The number of benzene rings is 2. The van der Waals surface area contributed by atoms with Crippen LogP contribution in [0.2, 0.25) is 0 Å². The van der Waals surface area contributed by atoms with E-state index in [1.807, 2.05) is 28.7 Å². The average Bonchev–Trinajstić information content (AvgIpc) is 3.35. The zero-order valence-corrected chi connectivity index (χ0v) is 29.0. The third kappa shape index (κ3) is 4.97. The maximum Gasteiger partial charge on any atom is 0.347 e. The minimum absolute atomic E-state index is 0.0114. The van der Waals surface area contributed by atoms with Crippen LogP contribution in [-0.2, 0) is 36.1 Å². The predicted molar refractivity (Wildman–Crippen MR) is 185 cm³/mol. The Morgan fingerprint density at radius 2 is 1.67 bits per heavy atom. The van der Waals surface area contributed by atoms with Gasteiger partial charge in [0.2, 0.25) is 0 Å². The van der Waals surface area contributed by atoms with Crippen molar-refractivity contribution in [1.29, 1.82) is 0 Å². The molecule has 0 amide bonds. The van der Waals surface area contributed by atoms with Crippen molar-refractivity contribution in [3.63, 3.8) is 0 Å². The van der Waals surface area contributed by atoms with Gasteiger partial charge in [0.05, 0.1) is 48.5 Å². The number of carbonyl (C=O) groups excluding carboxylic acids is 2. The molecule has 0 saturated carbocycles. The van der Waals surface area contributed by atoms with Gasteiger partial charge in [-0.15, -0.1) is 0 Å². The molecule has 2 unspecified atom stereocenters. The quantitative estimate of drug-likeness (QED) is 0.167. The largest absolute Gasteiger partial charge is 0.504 e. The normalized spacial score (nSPS) is 18.5. The van der Waals surface area contributed by atoms with Gasteiger partial charge >= 0.3 is 11.4 Å². The van der Waals surface area contributed by atoms with E-state index in [2.05, 4.69) is 4.98 Å². The molecule has 2 aliphatic carbocycles. The highest BCUT2D eigenvalue weighted by Crippen LogP contribution is 2.51. The molecule has 0 fully saturated rings. The van der Waals surface area contributed by atoms with Crippen molar-refractivity contribution in [2.75, 3.05) is 21.3 Å². The summed E-state index contributed by atoms with van der Waals surface area (Å²) in [5.74, 6) is -0.407. The third-order valence-corrected chi connectivity index (χ3v) is 10.2. The molecule has 49 heavy (non-hydrogen) atoms. The number of phenols is 1. The maximum atomic E-state index is 14.1. The molecule has 7 rings (SSSR count). The van der Waals surface area contributed by atoms with Gasteiger partial charge in [-0.2, -0.15) is 0 Å². The van der Waals surface area contributed by atoms with E-state index in [4.69, 9.17) is 14.2 Å². The van der Waals surface area contributed by atoms with Gasteiger partial charge in [-0.3, -0.25) is 14.4 Å². The van der Waals surface area contributed by atoms with E-state index < -0.39 is 23.3 Å². The number of aryl methyl sites for hydroxylation is 2.